The van der Waals surface area contributed by atoms with Gasteiger partial charge in [-0.1, -0.05) is 11.6 Å². The van der Waals surface area contributed by atoms with E-state index in [9.17, 15) is 4.79 Å². The Morgan fingerprint density at radius 2 is 2.41 bits per heavy atom. The van der Waals surface area contributed by atoms with Gasteiger partial charge in [0, 0.05) is 7.11 Å². The van der Waals surface area contributed by atoms with Gasteiger partial charge in [-0.25, -0.2) is 4.98 Å². The predicted molar refractivity (Wildman–Crippen MR) is 68.2 cm³/mol. The lowest BCUT2D eigenvalue weighted by Crippen LogP contribution is -2.36. The molecule has 0 fully saturated rings. The summed E-state index contributed by atoms with van der Waals surface area (Å²) in [6.45, 7) is 2.95. The summed E-state index contributed by atoms with van der Waals surface area (Å²) in [5.41, 5.74) is 1.34. The molecule has 0 aliphatic carbocycles. The maximum absolute atomic E-state index is 12.1. The smallest absolute Gasteiger partial charge is 0.256 e. The molecule has 1 aromatic rings. The number of hydrogen-bond acceptors (Lipinski definition) is 3. The Morgan fingerprint density at radius 1 is 1.71 bits per heavy atom. The molecule has 6 heteroatoms. The van der Waals surface area contributed by atoms with E-state index in [-0.39, 0.29) is 11.9 Å². The van der Waals surface area contributed by atoms with Crippen molar-refractivity contribution >= 4 is 33.4 Å². The number of rotatable bonds is 3. The van der Waals surface area contributed by atoms with Gasteiger partial charge in [-0.3, -0.25) is 4.79 Å². The van der Waals surface area contributed by atoms with Crippen LogP contribution < -0.4 is 0 Å². The van der Waals surface area contributed by atoms with E-state index in [0.717, 1.165) is 5.69 Å². The van der Waals surface area contributed by atoms with E-state index >= 15 is 0 Å². The lowest BCUT2D eigenvalue weighted by atomic mass is 10.2. The fourth-order valence-corrected chi connectivity index (χ4v) is 2.36. The fourth-order valence-electron chi connectivity index (χ4n) is 1.88. The van der Waals surface area contributed by atoms with Crippen LogP contribution in [0.4, 0.5) is 0 Å². The van der Waals surface area contributed by atoms with Crippen LogP contribution in [0.25, 0.3) is 0 Å². The topological polar surface area (TPSA) is 42.4 Å². The van der Waals surface area contributed by atoms with Gasteiger partial charge in [-0.15, -0.1) is 0 Å². The van der Waals surface area contributed by atoms with E-state index in [2.05, 4.69) is 20.9 Å². The molecule has 1 aliphatic heterocycles. The number of fused-ring (bicyclic) bond motifs is 1. The minimum Gasteiger partial charge on any atom is -0.383 e. The second-order valence-electron chi connectivity index (χ2n) is 3.99. The number of amides is 1. The summed E-state index contributed by atoms with van der Waals surface area (Å²) < 4.78 is 5.71. The fraction of sp³-hybridized carbons (Fsp3) is 0.455. The number of ether oxygens (including phenoxy) is 1. The predicted octanol–water partition coefficient (Wildman–Crippen LogP) is 2.49. The van der Waals surface area contributed by atoms with Crippen molar-refractivity contribution < 1.29 is 9.53 Å². The minimum absolute atomic E-state index is 0.0191. The van der Waals surface area contributed by atoms with Crippen molar-refractivity contribution in [2.24, 2.45) is 0 Å². The first-order valence-corrected chi connectivity index (χ1v) is 6.36. The minimum atomic E-state index is -0.0191. The van der Waals surface area contributed by atoms with Crippen LogP contribution >= 0.6 is 27.5 Å². The summed E-state index contributed by atoms with van der Waals surface area (Å²) in [5, 5.41) is 0.387. The Morgan fingerprint density at radius 3 is 3.06 bits per heavy atom. The maximum Gasteiger partial charge on any atom is 0.256 e. The van der Waals surface area contributed by atoms with Crippen molar-refractivity contribution in [3.63, 3.8) is 0 Å². The zero-order chi connectivity index (χ0) is 12.6. The van der Waals surface area contributed by atoms with Gasteiger partial charge in [0.15, 0.2) is 0 Å². The van der Waals surface area contributed by atoms with Gasteiger partial charge in [0.1, 0.15) is 5.15 Å². The quantitative estimate of drug-likeness (QED) is 0.804. The lowest BCUT2D eigenvalue weighted by molar-refractivity contribution is 0.0587. The standard InChI is InChI=1S/C11H12BrClN2O2/c1-6(5-17-2)15-4-9-7(11(15)16)3-8(12)10(13)14-9/h3,6H,4-5H2,1-2H3/t6-/m0/s1. The molecule has 0 spiro atoms. The molecular weight excluding hydrogens is 307 g/mol. The van der Waals surface area contributed by atoms with Gasteiger partial charge in [-0.05, 0) is 28.9 Å². The molecule has 2 rings (SSSR count). The molecular formula is C11H12BrClN2O2. The SMILES string of the molecule is COC[C@H](C)N1Cc2nc(Cl)c(Br)cc2C1=O. The number of carbonyl (C=O) groups excluding carboxylic acids is 1. The van der Waals surface area contributed by atoms with Crippen LogP contribution in [0.3, 0.4) is 0 Å². The van der Waals surface area contributed by atoms with Crippen LogP contribution in [0, 0.1) is 0 Å². The molecule has 2 heterocycles. The summed E-state index contributed by atoms with van der Waals surface area (Å²) in [7, 11) is 1.62. The number of carbonyl (C=O) groups is 1. The average Bonchev–Trinajstić information content (AvgIpc) is 2.58. The van der Waals surface area contributed by atoms with E-state index in [0.29, 0.717) is 28.3 Å². The molecule has 17 heavy (non-hydrogen) atoms. The van der Waals surface area contributed by atoms with E-state index in [1.165, 1.54) is 0 Å². The summed E-state index contributed by atoms with van der Waals surface area (Å²) in [4.78, 5) is 18.1. The van der Waals surface area contributed by atoms with Gasteiger partial charge in [0.05, 0.1) is 34.9 Å². The number of hydrogen-bond donors (Lipinski definition) is 0. The Kier molecular flexibility index (Phi) is 3.70. The molecule has 1 amide bonds. The Labute approximate surface area is 113 Å². The Hall–Kier alpha value is -0.650. The van der Waals surface area contributed by atoms with Crippen LogP contribution in [0.5, 0.6) is 0 Å². The largest absolute Gasteiger partial charge is 0.383 e. The molecule has 0 saturated carbocycles. The highest BCUT2D eigenvalue weighted by molar-refractivity contribution is 9.10. The first-order valence-electron chi connectivity index (χ1n) is 5.19. The third kappa shape index (κ3) is 2.32. The Bertz CT molecular complexity index is 467. The van der Waals surface area contributed by atoms with E-state index in [4.69, 9.17) is 16.3 Å². The second-order valence-corrected chi connectivity index (χ2v) is 5.21. The Balaban J connectivity index is 2.29. The van der Waals surface area contributed by atoms with Crippen LogP contribution in [-0.4, -0.2) is 35.5 Å². The van der Waals surface area contributed by atoms with Gasteiger partial charge in [0.25, 0.3) is 5.91 Å². The molecule has 4 nitrogen and oxygen atoms in total. The number of aromatic nitrogens is 1. The van der Waals surface area contributed by atoms with E-state index < -0.39 is 0 Å². The van der Waals surface area contributed by atoms with Gasteiger partial charge in [0.2, 0.25) is 0 Å². The highest BCUT2D eigenvalue weighted by atomic mass is 79.9. The van der Waals surface area contributed by atoms with Gasteiger partial charge >= 0.3 is 0 Å². The second kappa shape index (κ2) is 4.92. The van der Waals surface area contributed by atoms with Crippen molar-refractivity contribution in [3.8, 4) is 0 Å². The van der Waals surface area contributed by atoms with Crippen molar-refractivity contribution in [1.29, 1.82) is 0 Å². The monoisotopic (exact) mass is 318 g/mol. The normalized spacial score (nSPS) is 16.2. The van der Waals surface area contributed by atoms with Crippen LogP contribution in [0.15, 0.2) is 10.5 Å². The first kappa shape index (κ1) is 12.8. The number of nitrogens with zero attached hydrogens (tertiary/aromatic N) is 2. The zero-order valence-electron chi connectivity index (χ0n) is 9.54. The van der Waals surface area contributed by atoms with Crippen molar-refractivity contribution in [2.75, 3.05) is 13.7 Å². The number of methoxy groups -OCH3 is 1. The molecule has 0 radical (unpaired) electrons. The first-order chi connectivity index (χ1) is 8.04. The van der Waals surface area contributed by atoms with Crippen LogP contribution in [0.1, 0.15) is 23.0 Å². The highest BCUT2D eigenvalue weighted by Crippen LogP contribution is 2.29. The van der Waals surface area contributed by atoms with E-state index in [1.807, 2.05) is 6.92 Å². The average molecular weight is 320 g/mol. The van der Waals surface area contributed by atoms with E-state index in [1.54, 1.807) is 18.1 Å². The molecule has 0 aromatic carbocycles. The molecule has 0 saturated heterocycles. The number of pyridine rings is 1. The molecule has 0 bridgehead atoms. The van der Waals surface area contributed by atoms with Gasteiger partial charge in [-0.2, -0.15) is 0 Å². The maximum atomic E-state index is 12.1. The zero-order valence-corrected chi connectivity index (χ0v) is 11.9. The van der Waals surface area contributed by atoms with Crippen LogP contribution in [0.2, 0.25) is 5.15 Å². The van der Waals surface area contributed by atoms with Crippen molar-refractivity contribution in [1.82, 2.24) is 9.88 Å². The summed E-state index contributed by atoms with van der Waals surface area (Å²) in [5.74, 6) is -0.0191. The lowest BCUT2D eigenvalue weighted by Gasteiger charge is -2.22. The molecule has 1 aromatic heterocycles. The molecule has 1 atom stereocenters. The third-order valence-electron chi connectivity index (χ3n) is 2.76. The highest BCUT2D eigenvalue weighted by Gasteiger charge is 2.32. The van der Waals surface area contributed by atoms with Gasteiger partial charge < -0.3 is 9.64 Å². The molecule has 0 N–H and O–H groups in total. The summed E-state index contributed by atoms with van der Waals surface area (Å²) in [6, 6.07) is 1.76. The third-order valence-corrected chi connectivity index (χ3v) is 3.88. The summed E-state index contributed by atoms with van der Waals surface area (Å²) in [6.07, 6.45) is 0. The summed E-state index contributed by atoms with van der Waals surface area (Å²) >= 11 is 9.19. The molecule has 1 aliphatic rings. The van der Waals surface area contributed by atoms with Crippen LogP contribution in [-0.2, 0) is 11.3 Å². The number of halogens is 2. The van der Waals surface area contributed by atoms with Crippen molar-refractivity contribution in [2.45, 2.75) is 19.5 Å². The molecule has 92 valence electrons. The van der Waals surface area contributed by atoms with Crippen molar-refractivity contribution in [3.05, 3.63) is 26.9 Å². The molecule has 0 unspecified atom stereocenters.